The predicted octanol–water partition coefficient (Wildman–Crippen LogP) is 3.41. The van der Waals surface area contributed by atoms with Gasteiger partial charge in [0.1, 0.15) is 23.6 Å². The average Bonchev–Trinajstić information content (AvgIpc) is 3.50. The highest BCUT2D eigenvalue weighted by Gasteiger charge is 2.22. The van der Waals surface area contributed by atoms with E-state index < -0.39 is 0 Å². The molecule has 2 aliphatic heterocycles. The van der Waals surface area contributed by atoms with Gasteiger partial charge >= 0.3 is 0 Å². The molecule has 2 saturated heterocycles. The highest BCUT2D eigenvalue weighted by molar-refractivity contribution is 5.92. The summed E-state index contributed by atoms with van der Waals surface area (Å²) in [4.78, 5) is 48.9. The summed E-state index contributed by atoms with van der Waals surface area (Å²) < 4.78 is 5.50. The third-order valence-corrected chi connectivity index (χ3v) is 8.43. The zero-order valence-corrected chi connectivity index (χ0v) is 26.6. The van der Waals surface area contributed by atoms with Gasteiger partial charge in [-0.15, -0.1) is 0 Å². The Morgan fingerprint density at radius 1 is 1.02 bits per heavy atom. The molecule has 0 aliphatic carbocycles. The van der Waals surface area contributed by atoms with Crippen molar-refractivity contribution in [2.24, 2.45) is 0 Å². The van der Waals surface area contributed by atoms with Crippen LogP contribution in [0.3, 0.4) is 0 Å². The van der Waals surface area contributed by atoms with Crippen molar-refractivity contribution < 1.29 is 14.3 Å². The second-order valence-corrected chi connectivity index (χ2v) is 12.3. The van der Waals surface area contributed by atoms with E-state index in [0.717, 1.165) is 90.6 Å². The molecule has 46 heavy (non-hydrogen) atoms. The number of aromatic nitrogens is 4. The molecule has 0 radical (unpaired) electrons. The first-order chi connectivity index (χ1) is 22.4. The number of anilines is 2. The molecule has 6 rings (SSSR count). The zero-order chi connectivity index (χ0) is 31.9. The molecule has 11 nitrogen and oxygen atoms in total. The Morgan fingerprint density at radius 2 is 1.85 bits per heavy atom. The van der Waals surface area contributed by atoms with Gasteiger partial charge in [0.25, 0.3) is 0 Å². The van der Waals surface area contributed by atoms with Crippen LogP contribution in [-0.2, 0) is 27.2 Å². The van der Waals surface area contributed by atoms with Crippen molar-refractivity contribution >= 4 is 34.2 Å². The summed E-state index contributed by atoms with van der Waals surface area (Å²) in [5.74, 6) is 0.976. The van der Waals surface area contributed by atoms with Crippen LogP contribution in [0.5, 0.6) is 0 Å². The van der Waals surface area contributed by atoms with Crippen molar-refractivity contribution in [3.05, 3.63) is 78.4 Å². The molecular weight excluding hydrogens is 580 g/mol. The number of ketones is 1. The maximum Gasteiger partial charge on any atom is 0.243 e. The lowest BCUT2D eigenvalue weighted by Crippen LogP contribution is -2.47. The van der Waals surface area contributed by atoms with Gasteiger partial charge in [0.2, 0.25) is 5.91 Å². The highest BCUT2D eigenvalue weighted by Crippen LogP contribution is 2.29. The molecule has 4 aromatic rings. The smallest absolute Gasteiger partial charge is 0.243 e. The van der Waals surface area contributed by atoms with Crippen molar-refractivity contribution in [3.8, 4) is 11.3 Å². The van der Waals surface area contributed by atoms with E-state index in [2.05, 4.69) is 41.1 Å². The van der Waals surface area contributed by atoms with Crippen LogP contribution in [0, 0.1) is 0 Å². The molecule has 0 spiro atoms. The van der Waals surface area contributed by atoms with Crippen LogP contribution in [0.1, 0.15) is 24.1 Å². The number of H-pyrrole nitrogens is 1. The summed E-state index contributed by atoms with van der Waals surface area (Å²) in [7, 11) is 3.94. The number of ether oxygens (including phenoxy) is 1. The zero-order valence-electron chi connectivity index (χ0n) is 26.6. The number of fused-ring (bicyclic) bond motifs is 1. The SMILES string of the molecule is CN(C)C/C=C/C(=O)NC1CCCN(c2ccnc(CC(=O)Cc3ccc(-c4cc5c(N6CCOCC6)ncnc5[nH]4)cc3)c2)C1. The van der Waals surface area contributed by atoms with Gasteiger partial charge in [0.15, 0.2) is 0 Å². The Kier molecular flexibility index (Phi) is 10.00. The number of morpholine rings is 1. The van der Waals surface area contributed by atoms with Crippen molar-refractivity contribution in [3.63, 3.8) is 0 Å². The number of hydrogen-bond acceptors (Lipinski definition) is 9. The number of nitrogens with one attached hydrogen (secondary N) is 2. The molecule has 1 unspecified atom stereocenters. The van der Waals surface area contributed by atoms with Crippen LogP contribution in [0.25, 0.3) is 22.3 Å². The fraction of sp³-hybridized carbons (Fsp3) is 0.400. The van der Waals surface area contributed by atoms with Crippen LogP contribution in [0.15, 0.2) is 67.1 Å². The number of pyridine rings is 1. The third kappa shape index (κ3) is 7.96. The van der Waals surface area contributed by atoms with Gasteiger partial charge in [-0.3, -0.25) is 14.6 Å². The lowest BCUT2D eigenvalue weighted by atomic mass is 10.0. The van der Waals surface area contributed by atoms with Gasteiger partial charge in [-0.05, 0) is 56.3 Å². The number of rotatable bonds is 11. The standard InChI is InChI=1S/C35H42N8O3/c1-41(2)13-4-6-33(45)39-27-5-3-14-43(23-27)29-11-12-36-28(20-29)21-30(44)19-25-7-9-26(10-8-25)32-22-31-34(40-32)37-24-38-35(31)42-15-17-46-18-16-42/h4,6-12,20,22,24,27H,3,5,13-19,21,23H2,1-2H3,(H,39,45)(H,37,38,40)/b6-4+. The molecule has 3 aromatic heterocycles. The van der Waals surface area contributed by atoms with E-state index in [0.29, 0.717) is 19.6 Å². The first-order valence-electron chi connectivity index (χ1n) is 16.0. The number of Topliss-reactive ketones (excluding diaryl/α,β-unsaturated/α-hetero) is 1. The molecule has 240 valence electrons. The minimum absolute atomic E-state index is 0.0590. The molecule has 5 heterocycles. The fourth-order valence-electron chi connectivity index (χ4n) is 6.11. The van der Waals surface area contributed by atoms with E-state index in [-0.39, 0.29) is 24.2 Å². The molecular formula is C35H42N8O3. The van der Waals surface area contributed by atoms with Crippen LogP contribution >= 0.6 is 0 Å². The number of amides is 1. The number of carbonyl (C=O) groups excluding carboxylic acids is 2. The molecule has 2 N–H and O–H groups in total. The molecule has 1 amide bonds. The van der Waals surface area contributed by atoms with E-state index >= 15 is 0 Å². The second-order valence-electron chi connectivity index (χ2n) is 12.3. The van der Waals surface area contributed by atoms with E-state index in [1.54, 1.807) is 18.6 Å². The molecule has 0 saturated carbocycles. The van der Waals surface area contributed by atoms with Gasteiger partial charge in [0.05, 0.1) is 18.6 Å². The molecule has 0 bridgehead atoms. The van der Waals surface area contributed by atoms with Crippen LogP contribution in [0.2, 0.25) is 0 Å². The van der Waals surface area contributed by atoms with Crippen LogP contribution in [-0.4, -0.2) is 103 Å². The van der Waals surface area contributed by atoms with Gasteiger partial charge in [-0.1, -0.05) is 30.3 Å². The second kappa shape index (κ2) is 14.7. The van der Waals surface area contributed by atoms with E-state index in [4.69, 9.17) is 4.74 Å². The maximum absolute atomic E-state index is 13.1. The highest BCUT2D eigenvalue weighted by atomic mass is 16.5. The van der Waals surface area contributed by atoms with Crippen LogP contribution < -0.4 is 15.1 Å². The Labute approximate surface area is 269 Å². The van der Waals surface area contributed by atoms with Gasteiger partial charge in [0, 0.05) is 81.0 Å². The summed E-state index contributed by atoms with van der Waals surface area (Å²) in [5.41, 5.74) is 5.54. The number of nitrogens with zero attached hydrogens (tertiary/aromatic N) is 6. The van der Waals surface area contributed by atoms with Gasteiger partial charge in [-0.2, -0.15) is 0 Å². The summed E-state index contributed by atoms with van der Waals surface area (Å²) in [6.07, 6.45) is 9.40. The van der Waals surface area contributed by atoms with E-state index in [9.17, 15) is 9.59 Å². The number of aromatic amines is 1. The molecule has 2 aliphatic rings. The molecule has 11 heteroatoms. The number of benzene rings is 1. The Bertz CT molecular complexity index is 1680. The predicted molar refractivity (Wildman–Crippen MR) is 180 cm³/mol. The summed E-state index contributed by atoms with van der Waals surface area (Å²) in [6, 6.07) is 14.3. The first kappa shape index (κ1) is 31.4. The Hall–Kier alpha value is -4.61. The van der Waals surface area contributed by atoms with Gasteiger partial charge < -0.3 is 29.7 Å². The number of likely N-dealkylation sites (N-methyl/N-ethyl adjacent to an activating group) is 1. The summed E-state index contributed by atoms with van der Waals surface area (Å²) >= 11 is 0. The quantitative estimate of drug-likeness (QED) is 0.243. The average molecular weight is 623 g/mol. The van der Waals surface area contributed by atoms with Crippen molar-refractivity contribution in [1.82, 2.24) is 30.2 Å². The maximum atomic E-state index is 13.1. The third-order valence-electron chi connectivity index (χ3n) is 8.43. The van der Waals surface area contributed by atoms with Crippen molar-refractivity contribution in [1.29, 1.82) is 0 Å². The summed E-state index contributed by atoms with van der Waals surface area (Å²) in [5, 5.41) is 4.13. The van der Waals surface area contributed by atoms with Crippen molar-refractivity contribution in [2.75, 3.05) is 69.8 Å². The van der Waals surface area contributed by atoms with E-state index in [1.807, 2.05) is 61.5 Å². The Morgan fingerprint density at radius 3 is 2.65 bits per heavy atom. The van der Waals surface area contributed by atoms with Crippen LogP contribution in [0.4, 0.5) is 11.5 Å². The molecule has 1 aromatic carbocycles. The molecule has 2 fully saturated rings. The summed E-state index contributed by atoms with van der Waals surface area (Å²) in [6.45, 7) is 5.37. The lowest BCUT2D eigenvalue weighted by Gasteiger charge is -2.34. The van der Waals surface area contributed by atoms with Crippen molar-refractivity contribution in [2.45, 2.75) is 31.7 Å². The molecule has 1 atom stereocenters. The lowest BCUT2D eigenvalue weighted by molar-refractivity contribution is -0.118. The normalized spacial score (nSPS) is 17.2. The van der Waals surface area contributed by atoms with E-state index in [1.165, 1.54) is 0 Å². The number of hydrogen-bond donors (Lipinski definition) is 2. The monoisotopic (exact) mass is 622 g/mol. The topological polar surface area (TPSA) is 120 Å². The number of carbonyl (C=O) groups is 2. The minimum Gasteiger partial charge on any atom is -0.378 e. The largest absolute Gasteiger partial charge is 0.378 e. The fourth-order valence-corrected chi connectivity index (χ4v) is 6.11. The minimum atomic E-state index is -0.0590. The van der Waals surface area contributed by atoms with Gasteiger partial charge in [-0.25, -0.2) is 9.97 Å². The number of piperidine rings is 1. The first-order valence-corrected chi connectivity index (χ1v) is 16.0. The Balaban J connectivity index is 1.04.